The highest BCUT2D eigenvalue weighted by Gasteiger charge is 2.23. The van der Waals surface area contributed by atoms with Crippen LogP contribution in [-0.2, 0) is 16.1 Å². The van der Waals surface area contributed by atoms with E-state index in [4.69, 9.17) is 0 Å². The molecule has 0 aliphatic rings. The van der Waals surface area contributed by atoms with E-state index in [0.717, 1.165) is 21.0 Å². The van der Waals surface area contributed by atoms with E-state index in [-0.39, 0.29) is 12.5 Å². The van der Waals surface area contributed by atoms with Gasteiger partial charge in [-0.1, -0.05) is 50.2 Å². The third kappa shape index (κ3) is 4.25. The summed E-state index contributed by atoms with van der Waals surface area (Å²) < 4.78 is 1.04. The Morgan fingerprint density at radius 1 is 1.07 bits per heavy atom. The lowest BCUT2D eigenvalue weighted by Gasteiger charge is -2.18. The second-order valence-electron chi connectivity index (χ2n) is 6.90. The zero-order valence-electron chi connectivity index (χ0n) is 15.6. The van der Waals surface area contributed by atoms with E-state index >= 15 is 0 Å². The molecule has 2 N–H and O–H groups in total. The summed E-state index contributed by atoms with van der Waals surface area (Å²) in [6, 6.07) is 15.7. The number of aromatic nitrogens is 2. The van der Waals surface area contributed by atoms with Gasteiger partial charge in [-0.15, -0.1) is 0 Å². The molecule has 0 aliphatic heterocycles. The fraction of sp³-hybridized carbons (Fsp3) is 0.238. The molecule has 7 heteroatoms. The Labute approximate surface area is 161 Å². The van der Waals surface area contributed by atoms with Crippen molar-refractivity contribution in [1.82, 2.24) is 15.1 Å². The highest BCUT2D eigenvalue weighted by molar-refractivity contribution is 5.86. The highest BCUT2D eigenvalue weighted by atomic mass is 16.4. The van der Waals surface area contributed by atoms with E-state index in [1.54, 1.807) is 19.9 Å². The molecule has 1 aromatic heterocycles. The third-order valence-corrected chi connectivity index (χ3v) is 4.45. The molecular weight excluding hydrogens is 358 g/mol. The van der Waals surface area contributed by atoms with E-state index in [2.05, 4.69) is 10.4 Å². The fourth-order valence-electron chi connectivity index (χ4n) is 2.93. The molecule has 0 spiro atoms. The van der Waals surface area contributed by atoms with Crippen LogP contribution >= 0.6 is 0 Å². The van der Waals surface area contributed by atoms with Crippen LogP contribution in [0.25, 0.3) is 22.0 Å². The molecule has 1 atom stereocenters. The fourth-order valence-corrected chi connectivity index (χ4v) is 2.93. The van der Waals surface area contributed by atoms with Gasteiger partial charge in [-0.05, 0) is 28.8 Å². The number of nitrogens with zero attached hydrogens (tertiary/aromatic N) is 2. The second kappa shape index (κ2) is 8.04. The first-order valence-corrected chi connectivity index (χ1v) is 8.94. The average molecular weight is 379 g/mol. The minimum Gasteiger partial charge on any atom is -0.480 e. The van der Waals surface area contributed by atoms with Crippen LogP contribution in [0.1, 0.15) is 13.8 Å². The van der Waals surface area contributed by atoms with Gasteiger partial charge in [0.2, 0.25) is 5.91 Å². The van der Waals surface area contributed by atoms with Crippen molar-refractivity contribution in [2.24, 2.45) is 5.92 Å². The van der Waals surface area contributed by atoms with E-state index in [0.29, 0.717) is 5.69 Å². The molecule has 3 aromatic rings. The lowest BCUT2D eigenvalue weighted by molar-refractivity contribution is -0.143. The molecule has 0 aliphatic carbocycles. The number of benzene rings is 2. The maximum atomic E-state index is 12.2. The number of aliphatic carboxylic acids is 1. The van der Waals surface area contributed by atoms with Crippen LogP contribution in [0.5, 0.6) is 0 Å². The van der Waals surface area contributed by atoms with E-state index in [1.807, 2.05) is 42.5 Å². The number of hydrogen-bond acceptors (Lipinski definition) is 4. The summed E-state index contributed by atoms with van der Waals surface area (Å²) in [7, 11) is 0. The normalized spacial score (nSPS) is 12.1. The van der Waals surface area contributed by atoms with Gasteiger partial charge in [-0.3, -0.25) is 9.59 Å². The number of hydrogen-bond donors (Lipinski definition) is 2. The summed E-state index contributed by atoms with van der Waals surface area (Å²) in [5.74, 6) is -1.98. The maximum Gasteiger partial charge on any atom is 0.326 e. The van der Waals surface area contributed by atoms with Gasteiger partial charge in [0.1, 0.15) is 12.6 Å². The van der Waals surface area contributed by atoms with Crippen molar-refractivity contribution >= 4 is 22.6 Å². The lowest BCUT2D eigenvalue weighted by Crippen LogP contribution is -2.46. The van der Waals surface area contributed by atoms with Crippen molar-refractivity contribution in [1.29, 1.82) is 0 Å². The van der Waals surface area contributed by atoms with E-state index < -0.39 is 23.5 Å². The van der Waals surface area contributed by atoms with Crippen LogP contribution in [0.4, 0.5) is 0 Å². The molecular formula is C21H21N3O4. The zero-order valence-corrected chi connectivity index (χ0v) is 15.6. The van der Waals surface area contributed by atoms with Crippen molar-refractivity contribution in [3.8, 4) is 11.3 Å². The topological polar surface area (TPSA) is 101 Å². The molecule has 0 radical (unpaired) electrons. The number of rotatable bonds is 6. The first-order chi connectivity index (χ1) is 13.3. The number of carboxylic acids is 1. The molecule has 1 amide bonds. The van der Waals surface area contributed by atoms with Gasteiger partial charge in [-0.25, -0.2) is 9.48 Å². The lowest BCUT2D eigenvalue weighted by atomic mass is 10.0. The van der Waals surface area contributed by atoms with Crippen molar-refractivity contribution in [3.05, 3.63) is 65.0 Å². The molecule has 0 saturated carbocycles. The van der Waals surface area contributed by atoms with Crippen LogP contribution < -0.4 is 10.9 Å². The van der Waals surface area contributed by atoms with Gasteiger partial charge in [0.15, 0.2) is 0 Å². The Hall–Kier alpha value is -3.48. The van der Waals surface area contributed by atoms with Crippen LogP contribution in [0.15, 0.2) is 59.4 Å². The molecule has 7 nitrogen and oxygen atoms in total. The standard InChI is InChI=1S/C21H21N3O4/c1-13(2)20(21(27)28)22-18(25)12-24-19(26)10-9-17(23-24)16-8-7-14-5-3-4-6-15(14)11-16/h3-11,13,20H,12H2,1-2H3,(H,22,25)(H,27,28)/t20-/m0/s1. The van der Waals surface area contributed by atoms with E-state index in [1.165, 1.54) is 6.07 Å². The summed E-state index contributed by atoms with van der Waals surface area (Å²) in [5.41, 5.74) is 0.936. The quantitative estimate of drug-likeness (QED) is 0.684. The molecule has 0 saturated heterocycles. The molecule has 1 heterocycles. The molecule has 3 rings (SSSR count). The van der Waals surface area contributed by atoms with Gasteiger partial charge in [-0.2, -0.15) is 5.10 Å². The average Bonchev–Trinajstić information content (AvgIpc) is 2.67. The SMILES string of the molecule is CC(C)[C@H](NC(=O)Cn1nc(-c2ccc3ccccc3c2)ccc1=O)C(=O)O. The van der Waals surface area contributed by atoms with Crippen molar-refractivity contribution < 1.29 is 14.7 Å². The Balaban J connectivity index is 1.85. The summed E-state index contributed by atoms with van der Waals surface area (Å²) in [6.45, 7) is 3.05. The maximum absolute atomic E-state index is 12.2. The van der Waals surface area contributed by atoms with Crippen molar-refractivity contribution in [2.75, 3.05) is 0 Å². The first kappa shape index (κ1) is 19.3. The largest absolute Gasteiger partial charge is 0.480 e. The van der Waals surface area contributed by atoms with Gasteiger partial charge in [0.25, 0.3) is 5.56 Å². The number of carbonyl (C=O) groups excluding carboxylic acids is 1. The first-order valence-electron chi connectivity index (χ1n) is 8.94. The third-order valence-electron chi connectivity index (χ3n) is 4.45. The minimum atomic E-state index is -1.12. The van der Waals surface area contributed by atoms with Gasteiger partial charge in [0.05, 0.1) is 5.69 Å². The Bertz CT molecular complexity index is 1090. The zero-order chi connectivity index (χ0) is 20.3. The summed E-state index contributed by atoms with van der Waals surface area (Å²) in [4.78, 5) is 35.6. The highest BCUT2D eigenvalue weighted by Crippen LogP contribution is 2.22. The second-order valence-corrected chi connectivity index (χ2v) is 6.90. The molecule has 2 aromatic carbocycles. The minimum absolute atomic E-state index is 0.282. The van der Waals surface area contributed by atoms with Crippen LogP contribution in [0.2, 0.25) is 0 Å². The Morgan fingerprint density at radius 3 is 2.46 bits per heavy atom. The number of fused-ring (bicyclic) bond motifs is 1. The number of amides is 1. The summed E-state index contributed by atoms with van der Waals surface area (Å²) >= 11 is 0. The van der Waals surface area contributed by atoms with Crippen LogP contribution in [-0.4, -0.2) is 32.8 Å². The van der Waals surface area contributed by atoms with Crippen molar-refractivity contribution in [3.63, 3.8) is 0 Å². The van der Waals surface area contributed by atoms with Crippen molar-refractivity contribution in [2.45, 2.75) is 26.4 Å². The number of carboxylic acid groups (broad SMARTS) is 1. The van der Waals surface area contributed by atoms with Crippen LogP contribution in [0.3, 0.4) is 0 Å². The molecule has 0 unspecified atom stereocenters. The summed E-state index contributed by atoms with van der Waals surface area (Å²) in [6.07, 6.45) is 0. The predicted molar refractivity (Wildman–Crippen MR) is 106 cm³/mol. The smallest absolute Gasteiger partial charge is 0.326 e. The van der Waals surface area contributed by atoms with Gasteiger partial charge < -0.3 is 10.4 Å². The molecule has 0 bridgehead atoms. The summed E-state index contributed by atoms with van der Waals surface area (Å²) in [5, 5.41) is 18.0. The number of carbonyl (C=O) groups is 2. The predicted octanol–water partition coefficient (Wildman–Crippen LogP) is 2.29. The molecule has 0 fully saturated rings. The monoisotopic (exact) mass is 379 g/mol. The Kier molecular flexibility index (Phi) is 5.54. The van der Waals surface area contributed by atoms with Gasteiger partial charge >= 0.3 is 5.97 Å². The van der Waals surface area contributed by atoms with Gasteiger partial charge in [0, 0.05) is 11.6 Å². The molecule has 144 valence electrons. The Morgan fingerprint density at radius 2 is 1.79 bits per heavy atom. The number of nitrogens with one attached hydrogen (secondary N) is 1. The van der Waals surface area contributed by atoms with Crippen LogP contribution in [0, 0.1) is 5.92 Å². The van der Waals surface area contributed by atoms with E-state index in [9.17, 15) is 19.5 Å². The molecule has 28 heavy (non-hydrogen) atoms.